The average molecular weight is 368 g/mol. The van der Waals surface area contributed by atoms with Crippen molar-refractivity contribution in [1.82, 2.24) is 15.3 Å². The molecule has 1 amide bonds. The highest BCUT2D eigenvalue weighted by molar-refractivity contribution is 5.73. The molecule has 1 aromatic carbocycles. The third-order valence-corrected chi connectivity index (χ3v) is 4.84. The number of carbonyl (C=O) groups excluding carboxylic acids is 1. The zero-order valence-corrected chi connectivity index (χ0v) is 16.2. The Bertz CT molecular complexity index is 809. The van der Waals surface area contributed by atoms with Crippen molar-refractivity contribution in [3.8, 4) is 0 Å². The predicted octanol–water partition coefficient (Wildman–Crippen LogP) is 2.13. The second kappa shape index (κ2) is 8.24. The lowest BCUT2D eigenvalue weighted by molar-refractivity contribution is -0.119. The summed E-state index contributed by atoms with van der Waals surface area (Å²) in [4.78, 5) is 22.3. The lowest BCUT2D eigenvalue weighted by Crippen LogP contribution is -2.35. The second-order valence-corrected chi connectivity index (χ2v) is 7.32. The number of nitrogens with zero attached hydrogens (tertiary/aromatic N) is 3. The molecule has 2 heterocycles. The molecule has 0 saturated carbocycles. The Kier molecular flexibility index (Phi) is 5.78. The first-order valence-electron chi connectivity index (χ1n) is 9.36. The Morgan fingerprint density at radius 2 is 2.19 bits per heavy atom. The maximum absolute atomic E-state index is 11.2. The van der Waals surface area contributed by atoms with E-state index < -0.39 is 0 Å². The summed E-state index contributed by atoms with van der Waals surface area (Å²) in [6.45, 7) is 7.35. The topological polar surface area (TPSA) is 96.2 Å². The van der Waals surface area contributed by atoms with Gasteiger partial charge in [0.05, 0.1) is 0 Å². The van der Waals surface area contributed by atoms with Gasteiger partial charge >= 0.3 is 0 Å². The van der Waals surface area contributed by atoms with Gasteiger partial charge in [0.1, 0.15) is 12.1 Å². The summed E-state index contributed by atoms with van der Waals surface area (Å²) >= 11 is 0. The van der Waals surface area contributed by atoms with E-state index in [4.69, 9.17) is 5.73 Å². The van der Waals surface area contributed by atoms with Gasteiger partial charge in [0.2, 0.25) is 5.91 Å². The fourth-order valence-corrected chi connectivity index (χ4v) is 3.42. The molecule has 1 saturated heterocycles. The van der Waals surface area contributed by atoms with E-state index in [1.54, 1.807) is 13.3 Å². The highest BCUT2D eigenvalue weighted by Crippen LogP contribution is 2.20. The molecule has 7 nitrogen and oxygen atoms in total. The summed E-state index contributed by atoms with van der Waals surface area (Å²) in [7, 11) is 0. The molecule has 7 heteroatoms. The van der Waals surface area contributed by atoms with Crippen LogP contribution in [0.5, 0.6) is 0 Å². The molecule has 1 aliphatic rings. The molecule has 27 heavy (non-hydrogen) atoms. The summed E-state index contributed by atoms with van der Waals surface area (Å²) in [6.07, 6.45) is 3.34. The first kappa shape index (κ1) is 18.9. The van der Waals surface area contributed by atoms with Gasteiger partial charge < -0.3 is 21.3 Å². The molecule has 1 aromatic heterocycles. The Hall–Kier alpha value is -2.83. The number of anilines is 3. The molecule has 4 N–H and O–H groups in total. The van der Waals surface area contributed by atoms with Crippen molar-refractivity contribution in [1.29, 1.82) is 0 Å². The molecule has 2 unspecified atom stereocenters. The van der Waals surface area contributed by atoms with Gasteiger partial charge in [-0.1, -0.05) is 6.07 Å². The maximum atomic E-state index is 11.2. The third kappa shape index (κ3) is 5.09. The third-order valence-electron chi connectivity index (χ3n) is 4.84. The zero-order valence-electron chi connectivity index (χ0n) is 16.2. The first-order valence-corrected chi connectivity index (χ1v) is 9.36. The number of carbonyl (C=O) groups is 1. The normalized spacial score (nSPS) is 17.6. The number of nitrogen functional groups attached to an aromatic ring is 1. The summed E-state index contributed by atoms with van der Waals surface area (Å²) < 4.78 is 0. The van der Waals surface area contributed by atoms with Crippen LogP contribution in [0.3, 0.4) is 0 Å². The van der Waals surface area contributed by atoms with E-state index >= 15 is 0 Å². The van der Waals surface area contributed by atoms with Gasteiger partial charge in [-0.3, -0.25) is 4.79 Å². The maximum Gasteiger partial charge on any atom is 0.217 e. The molecule has 0 radical (unpaired) electrons. The van der Waals surface area contributed by atoms with Gasteiger partial charge in [0, 0.05) is 61.7 Å². The molecule has 144 valence electrons. The zero-order chi connectivity index (χ0) is 19.4. The molecule has 1 fully saturated rings. The summed E-state index contributed by atoms with van der Waals surface area (Å²) in [5.41, 5.74) is 9.86. The largest absolute Gasteiger partial charge is 0.398 e. The molecule has 2 atom stereocenters. The van der Waals surface area contributed by atoms with Crippen molar-refractivity contribution in [3.05, 3.63) is 41.9 Å². The first-order chi connectivity index (χ1) is 12.9. The van der Waals surface area contributed by atoms with E-state index in [9.17, 15) is 4.79 Å². The molecule has 2 aromatic rings. The van der Waals surface area contributed by atoms with Crippen LogP contribution in [-0.4, -0.2) is 41.0 Å². The number of benzene rings is 1. The van der Waals surface area contributed by atoms with Crippen LogP contribution in [0.15, 0.2) is 30.6 Å². The van der Waals surface area contributed by atoms with Crippen LogP contribution in [-0.2, 0) is 11.2 Å². The monoisotopic (exact) mass is 368 g/mol. The van der Waals surface area contributed by atoms with Crippen molar-refractivity contribution in [2.45, 2.75) is 45.7 Å². The van der Waals surface area contributed by atoms with Crippen LogP contribution >= 0.6 is 0 Å². The Labute approximate surface area is 160 Å². The minimum absolute atomic E-state index is 0.0156. The van der Waals surface area contributed by atoms with Crippen LogP contribution in [0.2, 0.25) is 0 Å². The molecule has 1 aliphatic heterocycles. The number of hydrogen-bond acceptors (Lipinski definition) is 6. The van der Waals surface area contributed by atoms with Gasteiger partial charge in [0.25, 0.3) is 0 Å². The summed E-state index contributed by atoms with van der Waals surface area (Å²) in [6, 6.07) is 8.46. The number of nitrogens with two attached hydrogens (primary N) is 1. The van der Waals surface area contributed by atoms with Crippen molar-refractivity contribution in [3.63, 3.8) is 0 Å². The Balaban J connectivity index is 1.60. The molecule has 0 bridgehead atoms. The standard InChI is InChI=1S/C20H28N6O/c1-13-4-5-16(9-19(13)21)24-14(2)8-18-10-20(23-12-22-18)26-7-6-17(11-26)25-15(3)27/h4-5,9-10,12,14,17,24H,6-8,11,21H2,1-3H3,(H,25,27). The SMILES string of the molecule is CC(=O)NC1CCN(c2cc(CC(C)Nc3ccc(C)c(N)c3)ncn2)C1. The fraction of sp³-hybridized carbons (Fsp3) is 0.450. The minimum Gasteiger partial charge on any atom is -0.398 e. The van der Waals surface area contributed by atoms with E-state index in [2.05, 4.69) is 32.4 Å². The number of nitrogens with one attached hydrogen (secondary N) is 2. The Morgan fingerprint density at radius 3 is 2.93 bits per heavy atom. The lowest BCUT2D eigenvalue weighted by Gasteiger charge is -2.19. The Morgan fingerprint density at radius 1 is 1.37 bits per heavy atom. The lowest BCUT2D eigenvalue weighted by atomic mass is 10.1. The van der Waals surface area contributed by atoms with Crippen LogP contribution in [0.25, 0.3) is 0 Å². The molecule has 3 rings (SSSR count). The average Bonchev–Trinajstić information content (AvgIpc) is 3.06. The minimum atomic E-state index is 0.0156. The van der Waals surface area contributed by atoms with Crippen molar-refractivity contribution >= 4 is 23.1 Å². The van der Waals surface area contributed by atoms with Crippen LogP contribution in [0, 0.1) is 6.92 Å². The number of amides is 1. The van der Waals surface area contributed by atoms with E-state index in [1.165, 1.54) is 0 Å². The highest BCUT2D eigenvalue weighted by atomic mass is 16.1. The van der Waals surface area contributed by atoms with E-state index in [0.29, 0.717) is 0 Å². The summed E-state index contributed by atoms with van der Waals surface area (Å²) in [5, 5.41) is 6.45. The van der Waals surface area contributed by atoms with Gasteiger partial charge in [0.15, 0.2) is 0 Å². The van der Waals surface area contributed by atoms with Crippen molar-refractivity contribution < 1.29 is 4.79 Å². The predicted molar refractivity (Wildman–Crippen MR) is 109 cm³/mol. The molecular weight excluding hydrogens is 340 g/mol. The number of rotatable bonds is 6. The molecule has 0 aliphatic carbocycles. The van der Waals surface area contributed by atoms with Gasteiger partial charge in [-0.15, -0.1) is 0 Å². The van der Waals surface area contributed by atoms with Crippen molar-refractivity contribution in [2.75, 3.05) is 29.0 Å². The van der Waals surface area contributed by atoms with E-state index in [-0.39, 0.29) is 18.0 Å². The highest BCUT2D eigenvalue weighted by Gasteiger charge is 2.24. The van der Waals surface area contributed by atoms with Crippen molar-refractivity contribution in [2.24, 2.45) is 0 Å². The van der Waals surface area contributed by atoms with Crippen LogP contribution in [0.1, 0.15) is 31.5 Å². The molecule has 0 spiro atoms. The van der Waals surface area contributed by atoms with E-state index in [0.717, 1.165) is 54.4 Å². The summed E-state index contributed by atoms with van der Waals surface area (Å²) in [5.74, 6) is 0.932. The smallest absolute Gasteiger partial charge is 0.217 e. The van der Waals surface area contributed by atoms with Gasteiger partial charge in [-0.2, -0.15) is 0 Å². The second-order valence-electron chi connectivity index (χ2n) is 7.32. The van der Waals surface area contributed by atoms with Crippen LogP contribution in [0.4, 0.5) is 17.2 Å². The van der Waals surface area contributed by atoms with Crippen LogP contribution < -0.4 is 21.3 Å². The number of hydrogen-bond donors (Lipinski definition) is 3. The quantitative estimate of drug-likeness (QED) is 0.676. The fourth-order valence-electron chi connectivity index (χ4n) is 3.42. The van der Waals surface area contributed by atoms with Gasteiger partial charge in [-0.05, 0) is 38.0 Å². The number of aryl methyl sites for hydroxylation is 1. The number of aromatic nitrogens is 2. The van der Waals surface area contributed by atoms with Gasteiger partial charge in [-0.25, -0.2) is 9.97 Å². The molecular formula is C20H28N6O. The van der Waals surface area contributed by atoms with E-state index in [1.807, 2.05) is 31.2 Å².